The first kappa shape index (κ1) is 5.92. The van der Waals surface area contributed by atoms with Gasteiger partial charge in [-0.15, -0.1) is 0 Å². The van der Waals surface area contributed by atoms with Crippen LogP contribution >= 0.6 is 0 Å². The van der Waals surface area contributed by atoms with Crippen LogP contribution in [0.5, 0.6) is 0 Å². The van der Waals surface area contributed by atoms with Crippen LogP contribution in [-0.2, 0) is 6.54 Å². The van der Waals surface area contributed by atoms with E-state index in [4.69, 9.17) is 5.73 Å². The zero-order valence-corrected chi connectivity index (χ0v) is 5.83. The fourth-order valence-corrected chi connectivity index (χ4v) is 1.45. The van der Waals surface area contributed by atoms with Gasteiger partial charge in [-0.25, -0.2) is 4.98 Å². The first-order chi connectivity index (χ1) is 4.88. The molecular weight excluding hydrogens is 126 g/mol. The van der Waals surface area contributed by atoms with Gasteiger partial charge in [-0.2, -0.15) is 0 Å². The predicted molar refractivity (Wildman–Crippen MR) is 38.4 cm³/mol. The molecule has 0 saturated heterocycles. The van der Waals surface area contributed by atoms with Gasteiger partial charge in [0.1, 0.15) is 5.82 Å². The average molecular weight is 137 g/mol. The lowest BCUT2D eigenvalue weighted by atomic mass is 10.1. The van der Waals surface area contributed by atoms with Gasteiger partial charge in [0.05, 0.1) is 6.04 Å². The normalized spacial score (nSPS) is 24.3. The monoisotopic (exact) mass is 137 g/mol. The number of imidazole rings is 1. The highest BCUT2D eigenvalue weighted by Gasteiger charge is 2.16. The molecule has 3 heteroatoms. The molecule has 0 fully saturated rings. The topological polar surface area (TPSA) is 43.8 Å². The molecule has 54 valence electrons. The number of nitrogens with two attached hydrogens (primary N) is 1. The van der Waals surface area contributed by atoms with Crippen molar-refractivity contribution in [2.75, 3.05) is 0 Å². The van der Waals surface area contributed by atoms with Crippen molar-refractivity contribution in [3.05, 3.63) is 18.2 Å². The number of aromatic nitrogens is 2. The first-order valence-corrected chi connectivity index (χ1v) is 3.64. The van der Waals surface area contributed by atoms with E-state index in [0.29, 0.717) is 0 Å². The lowest BCUT2D eigenvalue weighted by Gasteiger charge is -2.19. The van der Waals surface area contributed by atoms with Crippen LogP contribution < -0.4 is 5.73 Å². The van der Waals surface area contributed by atoms with Gasteiger partial charge >= 0.3 is 0 Å². The highest BCUT2D eigenvalue weighted by atomic mass is 15.1. The molecule has 0 aromatic carbocycles. The number of fused-ring (bicyclic) bond motifs is 1. The summed E-state index contributed by atoms with van der Waals surface area (Å²) in [6.07, 6.45) is 6.08. The molecule has 0 spiro atoms. The van der Waals surface area contributed by atoms with Crippen LogP contribution in [0.3, 0.4) is 0 Å². The Bertz CT molecular complexity index is 229. The first-order valence-electron chi connectivity index (χ1n) is 3.64. The van der Waals surface area contributed by atoms with Crippen molar-refractivity contribution in [1.29, 1.82) is 0 Å². The van der Waals surface area contributed by atoms with Crippen LogP contribution in [0.4, 0.5) is 0 Å². The molecule has 0 unspecified atom stereocenters. The van der Waals surface area contributed by atoms with E-state index in [1.165, 1.54) is 6.42 Å². The maximum absolute atomic E-state index is 5.81. The van der Waals surface area contributed by atoms with Gasteiger partial charge < -0.3 is 10.3 Å². The molecule has 0 saturated carbocycles. The smallest absolute Gasteiger partial charge is 0.125 e. The summed E-state index contributed by atoms with van der Waals surface area (Å²) in [4.78, 5) is 4.18. The van der Waals surface area contributed by atoms with Crippen molar-refractivity contribution in [3.8, 4) is 0 Å². The molecule has 0 radical (unpaired) electrons. The second kappa shape index (κ2) is 2.09. The lowest BCUT2D eigenvalue weighted by Crippen LogP contribution is -2.21. The molecule has 2 N–H and O–H groups in total. The Labute approximate surface area is 59.9 Å². The maximum atomic E-state index is 5.81. The number of nitrogens with zero attached hydrogens (tertiary/aromatic N) is 2. The summed E-state index contributed by atoms with van der Waals surface area (Å²) in [6, 6.07) is 0.170. The van der Waals surface area contributed by atoms with Crippen molar-refractivity contribution in [3.63, 3.8) is 0 Å². The largest absolute Gasteiger partial charge is 0.334 e. The molecule has 0 aliphatic carbocycles. The Morgan fingerprint density at radius 1 is 1.70 bits per heavy atom. The van der Waals surface area contributed by atoms with E-state index in [1.807, 2.05) is 12.4 Å². The summed E-state index contributed by atoms with van der Waals surface area (Å²) in [6.45, 7) is 1.09. The molecule has 10 heavy (non-hydrogen) atoms. The number of hydrogen-bond acceptors (Lipinski definition) is 2. The fraction of sp³-hybridized carbons (Fsp3) is 0.571. The van der Waals surface area contributed by atoms with E-state index in [1.54, 1.807) is 0 Å². The predicted octanol–water partition coefficient (Wildman–Crippen LogP) is 0.677. The van der Waals surface area contributed by atoms with Crippen LogP contribution in [0.2, 0.25) is 0 Å². The third-order valence-corrected chi connectivity index (χ3v) is 1.99. The van der Waals surface area contributed by atoms with E-state index in [9.17, 15) is 0 Å². The van der Waals surface area contributed by atoms with E-state index in [-0.39, 0.29) is 6.04 Å². The Morgan fingerprint density at radius 3 is 3.40 bits per heavy atom. The second-order valence-corrected chi connectivity index (χ2v) is 2.73. The summed E-state index contributed by atoms with van der Waals surface area (Å²) in [5.74, 6) is 1.05. The average Bonchev–Trinajstić information content (AvgIpc) is 2.36. The highest BCUT2D eigenvalue weighted by molar-refractivity contribution is 5.00. The highest BCUT2D eigenvalue weighted by Crippen LogP contribution is 2.19. The standard InChI is InChI=1S/C7H11N3/c8-6-2-1-4-10-5-3-9-7(6)10/h3,5-6H,1-2,4,8H2/t6-/m1/s1. The molecule has 1 aromatic rings. The summed E-state index contributed by atoms with van der Waals surface area (Å²) >= 11 is 0. The van der Waals surface area contributed by atoms with Crippen LogP contribution in [0.1, 0.15) is 24.7 Å². The lowest BCUT2D eigenvalue weighted by molar-refractivity contribution is 0.451. The third-order valence-electron chi connectivity index (χ3n) is 1.99. The second-order valence-electron chi connectivity index (χ2n) is 2.73. The molecule has 1 aromatic heterocycles. The molecule has 2 heterocycles. The number of hydrogen-bond donors (Lipinski definition) is 1. The van der Waals surface area contributed by atoms with E-state index >= 15 is 0 Å². The molecule has 1 atom stereocenters. The Hall–Kier alpha value is -0.830. The van der Waals surface area contributed by atoms with E-state index < -0.39 is 0 Å². The zero-order valence-electron chi connectivity index (χ0n) is 5.83. The quantitative estimate of drug-likeness (QED) is 0.571. The zero-order chi connectivity index (χ0) is 6.97. The molecular formula is C7H11N3. The summed E-state index contributed by atoms with van der Waals surface area (Å²) in [5.41, 5.74) is 5.81. The van der Waals surface area contributed by atoms with Crippen molar-refractivity contribution >= 4 is 0 Å². The number of aryl methyl sites for hydroxylation is 1. The fourth-order valence-electron chi connectivity index (χ4n) is 1.45. The van der Waals surface area contributed by atoms with Gasteiger partial charge in [-0.05, 0) is 12.8 Å². The summed E-state index contributed by atoms with van der Waals surface area (Å²) in [5, 5.41) is 0. The summed E-state index contributed by atoms with van der Waals surface area (Å²) < 4.78 is 2.13. The van der Waals surface area contributed by atoms with Gasteiger partial charge in [0.15, 0.2) is 0 Å². The third kappa shape index (κ3) is 0.743. The van der Waals surface area contributed by atoms with Gasteiger partial charge in [0, 0.05) is 18.9 Å². The van der Waals surface area contributed by atoms with Gasteiger partial charge in [-0.1, -0.05) is 0 Å². The SMILES string of the molecule is N[C@@H]1CCCn2ccnc21. The Morgan fingerprint density at radius 2 is 2.60 bits per heavy atom. The van der Waals surface area contributed by atoms with Crippen molar-refractivity contribution in [2.45, 2.75) is 25.4 Å². The van der Waals surface area contributed by atoms with Crippen molar-refractivity contribution < 1.29 is 0 Å². The van der Waals surface area contributed by atoms with Gasteiger partial charge in [0.25, 0.3) is 0 Å². The van der Waals surface area contributed by atoms with Crippen LogP contribution in [-0.4, -0.2) is 9.55 Å². The van der Waals surface area contributed by atoms with Crippen LogP contribution in [0, 0.1) is 0 Å². The minimum Gasteiger partial charge on any atom is -0.334 e. The van der Waals surface area contributed by atoms with Gasteiger partial charge in [0.2, 0.25) is 0 Å². The van der Waals surface area contributed by atoms with Crippen LogP contribution in [0.15, 0.2) is 12.4 Å². The summed E-state index contributed by atoms with van der Waals surface area (Å²) in [7, 11) is 0. The number of rotatable bonds is 0. The maximum Gasteiger partial charge on any atom is 0.125 e. The molecule has 0 amide bonds. The van der Waals surface area contributed by atoms with Gasteiger partial charge in [-0.3, -0.25) is 0 Å². The molecule has 0 bridgehead atoms. The van der Waals surface area contributed by atoms with Crippen molar-refractivity contribution in [1.82, 2.24) is 9.55 Å². The van der Waals surface area contributed by atoms with Crippen molar-refractivity contribution in [2.24, 2.45) is 5.73 Å². The molecule has 1 aliphatic heterocycles. The van der Waals surface area contributed by atoms with E-state index in [2.05, 4.69) is 9.55 Å². The molecule has 2 rings (SSSR count). The Balaban J connectivity index is 2.41. The van der Waals surface area contributed by atoms with Crippen LogP contribution in [0.25, 0.3) is 0 Å². The molecule has 1 aliphatic rings. The minimum atomic E-state index is 0.170. The Kier molecular flexibility index (Phi) is 1.24. The minimum absolute atomic E-state index is 0.170. The van der Waals surface area contributed by atoms with E-state index in [0.717, 1.165) is 18.8 Å². The molecule has 3 nitrogen and oxygen atoms in total.